The first-order valence-electron chi connectivity index (χ1n) is 3.74. The van der Waals surface area contributed by atoms with Gasteiger partial charge in [-0.3, -0.25) is 0 Å². The number of rotatable bonds is 1. The quantitative estimate of drug-likeness (QED) is 0.512. The largest absolute Gasteiger partial charge is 0.242 e. The van der Waals surface area contributed by atoms with Crippen molar-refractivity contribution in [2.45, 2.75) is 6.92 Å². The van der Waals surface area contributed by atoms with Crippen LogP contribution in [0, 0.1) is 6.92 Å². The van der Waals surface area contributed by atoms with Crippen LogP contribution in [0.2, 0.25) is 0 Å². The van der Waals surface area contributed by atoms with E-state index in [9.17, 15) is 4.79 Å². The Bertz CT molecular complexity index is 497. The molecule has 2 aromatic rings. The van der Waals surface area contributed by atoms with E-state index in [1.807, 2.05) is 25.1 Å². The second kappa shape index (κ2) is 3.09. The normalized spacial score (nSPS) is 9.92. The number of pyridine rings is 1. The maximum Gasteiger partial charge on any atom is 0.241 e. The Morgan fingerprint density at radius 2 is 2.38 bits per heavy atom. The first-order valence-corrected chi connectivity index (χ1v) is 4.56. The number of fused-ring (bicyclic) bond motifs is 1. The van der Waals surface area contributed by atoms with Crippen LogP contribution in [0.4, 0.5) is 5.00 Å². The second-order valence-corrected chi connectivity index (χ2v) is 3.64. The third-order valence-corrected chi connectivity index (χ3v) is 2.60. The molecule has 2 aromatic heterocycles. The Morgan fingerprint density at radius 1 is 1.54 bits per heavy atom. The molecule has 0 fully saturated rings. The maximum atomic E-state index is 10.0. The molecule has 0 atom stereocenters. The van der Waals surface area contributed by atoms with Gasteiger partial charge >= 0.3 is 0 Å². The highest BCUT2D eigenvalue weighted by atomic mass is 32.1. The molecule has 0 saturated carbocycles. The molecule has 0 saturated heterocycles. The Kier molecular flexibility index (Phi) is 1.93. The fourth-order valence-electron chi connectivity index (χ4n) is 1.10. The molecule has 0 bridgehead atoms. The van der Waals surface area contributed by atoms with Gasteiger partial charge in [0.1, 0.15) is 9.83 Å². The lowest BCUT2D eigenvalue weighted by Gasteiger charge is -1.88. The van der Waals surface area contributed by atoms with Crippen molar-refractivity contribution in [2.24, 2.45) is 4.99 Å². The monoisotopic (exact) mass is 190 g/mol. The van der Waals surface area contributed by atoms with Crippen molar-refractivity contribution >= 4 is 32.6 Å². The van der Waals surface area contributed by atoms with Crippen LogP contribution < -0.4 is 0 Å². The number of carbonyl (C=O) groups excluding carboxylic acids is 1. The third kappa shape index (κ3) is 1.49. The summed E-state index contributed by atoms with van der Waals surface area (Å²) in [6, 6.07) is 5.73. The predicted molar refractivity (Wildman–Crippen MR) is 52.1 cm³/mol. The summed E-state index contributed by atoms with van der Waals surface area (Å²) in [5, 5.41) is 1.67. The Labute approximate surface area is 78.8 Å². The lowest BCUT2D eigenvalue weighted by molar-refractivity contribution is 0.565. The molecule has 0 radical (unpaired) electrons. The van der Waals surface area contributed by atoms with Gasteiger partial charge in [-0.05, 0) is 19.1 Å². The molecule has 2 rings (SSSR count). The van der Waals surface area contributed by atoms with Crippen molar-refractivity contribution in [3.8, 4) is 0 Å². The number of aromatic nitrogens is 1. The van der Waals surface area contributed by atoms with Gasteiger partial charge < -0.3 is 0 Å². The topological polar surface area (TPSA) is 42.3 Å². The molecule has 0 aliphatic heterocycles. The van der Waals surface area contributed by atoms with Crippen LogP contribution >= 0.6 is 11.3 Å². The van der Waals surface area contributed by atoms with Crippen molar-refractivity contribution in [3.63, 3.8) is 0 Å². The van der Waals surface area contributed by atoms with Gasteiger partial charge in [0, 0.05) is 11.1 Å². The number of isocyanates is 1. The summed E-state index contributed by atoms with van der Waals surface area (Å²) in [7, 11) is 0. The summed E-state index contributed by atoms with van der Waals surface area (Å²) in [5.74, 6) is 0. The van der Waals surface area contributed by atoms with Crippen LogP contribution in [0.5, 0.6) is 0 Å². The number of nitrogens with zero attached hydrogens (tertiary/aromatic N) is 2. The zero-order valence-corrected chi connectivity index (χ0v) is 7.76. The summed E-state index contributed by atoms with van der Waals surface area (Å²) < 4.78 is 0. The van der Waals surface area contributed by atoms with Crippen LogP contribution in [0.25, 0.3) is 10.2 Å². The van der Waals surface area contributed by atoms with Crippen molar-refractivity contribution in [3.05, 3.63) is 23.9 Å². The number of aliphatic imine (C=N–C) groups is 1. The van der Waals surface area contributed by atoms with Crippen LogP contribution in [0.1, 0.15) is 5.69 Å². The van der Waals surface area contributed by atoms with Crippen molar-refractivity contribution in [1.82, 2.24) is 4.98 Å². The fraction of sp³-hybridized carbons (Fsp3) is 0.111. The van der Waals surface area contributed by atoms with Gasteiger partial charge in [0.15, 0.2) is 0 Å². The summed E-state index contributed by atoms with van der Waals surface area (Å²) in [4.78, 5) is 18.8. The SMILES string of the molecule is Cc1ccc2cc(N=C=O)sc2n1. The summed E-state index contributed by atoms with van der Waals surface area (Å²) >= 11 is 1.40. The molecule has 2 heterocycles. The lowest BCUT2D eigenvalue weighted by atomic mass is 10.3. The van der Waals surface area contributed by atoms with E-state index in [1.54, 1.807) is 0 Å². The molecule has 0 aliphatic carbocycles. The van der Waals surface area contributed by atoms with E-state index in [1.165, 1.54) is 17.4 Å². The molecule has 0 unspecified atom stereocenters. The number of hydrogen-bond acceptors (Lipinski definition) is 4. The fourth-order valence-corrected chi connectivity index (χ4v) is 2.00. The van der Waals surface area contributed by atoms with E-state index >= 15 is 0 Å². The van der Waals surface area contributed by atoms with Gasteiger partial charge in [-0.1, -0.05) is 17.4 Å². The van der Waals surface area contributed by atoms with Crippen LogP contribution in [0.15, 0.2) is 23.2 Å². The molecule has 0 spiro atoms. The average Bonchev–Trinajstić information content (AvgIpc) is 2.46. The van der Waals surface area contributed by atoms with E-state index in [2.05, 4.69) is 9.98 Å². The van der Waals surface area contributed by atoms with Gasteiger partial charge in [-0.2, -0.15) is 4.99 Å². The Hall–Kier alpha value is -1.51. The molecule has 13 heavy (non-hydrogen) atoms. The Morgan fingerprint density at radius 3 is 3.15 bits per heavy atom. The molecule has 0 aromatic carbocycles. The first-order chi connectivity index (χ1) is 6.29. The van der Waals surface area contributed by atoms with Crippen LogP contribution in [-0.4, -0.2) is 11.1 Å². The number of thiophene rings is 1. The zero-order valence-electron chi connectivity index (χ0n) is 6.94. The lowest BCUT2D eigenvalue weighted by Crippen LogP contribution is -1.75. The molecular formula is C9H6N2OS. The van der Waals surface area contributed by atoms with E-state index < -0.39 is 0 Å². The number of aryl methyl sites for hydroxylation is 1. The predicted octanol–water partition coefficient (Wildman–Crippen LogP) is 2.57. The molecule has 0 amide bonds. The highest BCUT2D eigenvalue weighted by molar-refractivity contribution is 7.22. The van der Waals surface area contributed by atoms with E-state index in [-0.39, 0.29) is 0 Å². The summed E-state index contributed by atoms with van der Waals surface area (Å²) in [6.07, 6.45) is 1.52. The molecule has 4 heteroatoms. The zero-order chi connectivity index (χ0) is 9.26. The highest BCUT2D eigenvalue weighted by Gasteiger charge is 2.01. The standard InChI is InChI=1S/C9H6N2OS/c1-6-2-3-7-4-8(10-5-12)13-9(7)11-6/h2-4H,1H3. The van der Waals surface area contributed by atoms with Gasteiger partial charge in [-0.15, -0.1) is 0 Å². The van der Waals surface area contributed by atoms with E-state index in [0.717, 1.165) is 15.9 Å². The van der Waals surface area contributed by atoms with Crippen molar-refractivity contribution in [1.29, 1.82) is 0 Å². The van der Waals surface area contributed by atoms with Gasteiger partial charge in [0.2, 0.25) is 6.08 Å². The minimum atomic E-state index is 0.656. The van der Waals surface area contributed by atoms with Gasteiger partial charge in [0.25, 0.3) is 0 Å². The van der Waals surface area contributed by atoms with Crippen LogP contribution in [0.3, 0.4) is 0 Å². The molecule has 0 N–H and O–H groups in total. The van der Waals surface area contributed by atoms with E-state index in [0.29, 0.717) is 5.00 Å². The Balaban J connectivity index is 2.68. The number of hydrogen-bond donors (Lipinski definition) is 0. The first kappa shape index (κ1) is 8.10. The van der Waals surface area contributed by atoms with Crippen LogP contribution in [-0.2, 0) is 4.79 Å². The molecular weight excluding hydrogens is 184 g/mol. The second-order valence-electron chi connectivity index (χ2n) is 2.63. The third-order valence-electron chi connectivity index (χ3n) is 1.67. The smallest absolute Gasteiger partial charge is 0.241 e. The van der Waals surface area contributed by atoms with Gasteiger partial charge in [0.05, 0.1) is 0 Å². The molecule has 0 aliphatic rings. The molecule has 3 nitrogen and oxygen atoms in total. The minimum Gasteiger partial charge on any atom is -0.242 e. The molecule has 64 valence electrons. The van der Waals surface area contributed by atoms with E-state index in [4.69, 9.17) is 0 Å². The minimum absolute atomic E-state index is 0.656. The summed E-state index contributed by atoms with van der Waals surface area (Å²) in [5.41, 5.74) is 0.969. The maximum absolute atomic E-state index is 10.0. The summed E-state index contributed by atoms with van der Waals surface area (Å²) in [6.45, 7) is 1.93. The highest BCUT2D eigenvalue weighted by Crippen LogP contribution is 2.29. The average molecular weight is 190 g/mol. The van der Waals surface area contributed by atoms with Crippen molar-refractivity contribution in [2.75, 3.05) is 0 Å². The van der Waals surface area contributed by atoms with Crippen molar-refractivity contribution < 1.29 is 4.79 Å². The van der Waals surface area contributed by atoms with Gasteiger partial charge in [-0.25, -0.2) is 9.78 Å².